The van der Waals surface area contributed by atoms with E-state index in [9.17, 15) is 0 Å². The third kappa shape index (κ3) is 1.91. The van der Waals surface area contributed by atoms with Gasteiger partial charge in [-0.3, -0.25) is 0 Å². The Morgan fingerprint density at radius 3 is 2.75 bits per heavy atom. The number of hydrogen-bond donors (Lipinski definition) is 1. The molecule has 84 valence electrons. The summed E-state index contributed by atoms with van der Waals surface area (Å²) in [4.78, 5) is 4.45. The van der Waals surface area contributed by atoms with Crippen molar-refractivity contribution in [3.63, 3.8) is 0 Å². The van der Waals surface area contributed by atoms with Crippen LogP contribution < -0.4 is 5.73 Å². The van der Waals surface area contributed by atoms with E-state index in [4.69, 9.17) is 17.3 Å². The molecule has 0 aliphatic heterocycles. The molecule has 0 aliphatic carbocycles. The molecular weight excluding hydrogens is 220 g/mol. The van der Waals surface area contributed by atoms with Crippen molar-refractivity contribution in [3.05, 3.63) is 40.5 Å². The molecule has 2 aromatic rings. The predicted molar refractivity (Wildman–Crippen MR) is 68.7 cm³/mol. The smallest absolute Gasteiger partial charge is 0.134 e. The molecule has 2 nitrogen and oxygen atoms in total. The number of rotatable bonds is 2. The Morgan fingerprint density at radius 1 is 1.38 bits per heavy atom. The fourth-order valence-electron chi connectivity index (χ4n) is 1.85. The number of hydrogen-bond acceptors (Lipinski definition) is 2. The van der Waals surface area contributed by atoms with Crippen molar-refractivity contribution in [1.82, 2.24) is 4.98 Å². The van der Waals surface area contributed by atoms with Gasteiger partial charge >= 0.3 is 0 Å². The molecule has 2 rings (SSSR count). The zero-order valence-corrected chi connectivity index (χ0v) is 10.3. The van der Waals surface area contributed by atoms with Gasteiger partial charge in [-0.2, -0.15) is 0 Å². The lowest BCUT2D eigenvalue weighted by Gasteiger charge is -2.10. The van der Waals surface area contributed by atoms with Crippen LogP contribution >= 0.6 is 11.6 Å². The average molecular weight is 235 g/mol. The standard InChI is InChI=1S/C13H15ClN2/c1-8(2)11-5-3-4-9-6-10(7-15)13(14)16-12(9)11/h3-6,8H,7,15H2,1-2H3. The molecule has 0 bridgehead atoms. The first-order valence-electron chi connectivity index (χ1n) is 5.41. The maximum Gasteiger partial charge on any atom is 0.134 e. The van der Waals surface area contributed by atoms with Crippen LogP contribution in [-0.4, -0.2) is 4.98 Å². The molecule has 16 heavy (non-hydrogen) atoms. The minimum atomic E-state index is 0.424. The number of para-hydroxylation sites is 1. The second kappa shape index (κ2) is 4.40. The number of benzene rings is 1. The zero-order valence-electron chi connectivity index (χ0n) is 9.50. The Labute approximate surface area is 100 Å². The summed E-state index contributed by atoms with van der Waals surface area (Å²) in [6.45, 7) is 4.73. The second-order valence-electron chi connectivity index (χ2n) is 4.22. The summed E-state index contributed by atoms with van der Waals surface area (Å²) in [5, 5.41) is 1.62. The number of nitrogens with two attached hydrogens (primary N) is 1. The Hall–Kier alpha value is -1.12. The molecule has 2 N–H and O–H groups in total. The van der Waals surface area contributed by atoms with Gasteiger partial charge in [-0.15, -0.1) is 0 Å². The summed E-state index contributed by atoms with van der Waals surface area (Å²) < 4.78 is 0. The Morgan fingerprint density at radius 2 is 2.12 bits per heavy atom. The van der Waals surface area contributed by atoms with Crippen LogP contribution in [-0.2, 0) is 6.54 Å². The lowest BCUT2D eigenvalue weighted by Crippen LogP contribution is -2.00. The van der Waals surface area contributed by atoms with Gasteiger partial charge in [-0.05, 0) is 17.5 Å². The van der Waals surface area contributed by atoms with E-state index in [1.54, 1.807) is 0 Å². The predicted octanol–water partition coefficient (Wildman–Crippen LogP) is 3.47. The van der Waals surface area contributed by atoms with Gasteiger partial charge in [0.2, 0.25) is 0 Å². The summed E-state index contributed by atoms with van der Waals surface area (Å²) in [7, 11) is 0. The van der Waals surface area contributed by atoms with E-state index in [0.717, 1.165) is 16.5 Å². The van der Waals surface area contributed by atoms with E-state index in [-0.39, 0.29) is 0 Å². The second-order valence-corrected chi connectivity index (χ2v) is 4.57. The van der Waals surface area contributed by atoms with Crippen molar-refractivity contribution in [3.8, 4) is 0 Å². The number of aromatic nitrogens is 1. The minimum absolute atomic E-state index is 0.424. The number of halogens is 1. The molecule has 0 saturated carbocycles. The van der Waals surface area contributed by atoms with Crippen LogP contribution in [0.3, 0.4) is 0 Å². The maximum atomic E-state index is 6.09. The average Bonchev–Trinajstić information content (AvgIpc) is 2.27. The first kappa shape index (κ1) is 11.4. The van der Waals surface area contributed by atoms with Crippen LogP contribution in [0.15, 0.2) is 24.3 Å². The Bertz CT molecular complexity index is 521. The third-order valence-electron chi connectivity index (χ3n) is 2.75. The molecule has 3 heteroatoms. The molecule has 0 spiro atoms. The molecule has 0 unspecified atom stereocenters. The lowest BCUT2D eigenvalue weighted by molar-refractivity contribution is 0.872. The summed E-state index contributed by atoms with van der Waals surface area (Å²) in [5.41, 5.74) is 8.72. The van der Waals surface area contributed by atoms with Gasteiger partial charge in [0.05, 0.1) is 5.52 Å². The molecule has 0 aliphatic rings. The van der Waals surface area contributed by atoms with Gasteiger partial charge in [0.15, 0.2) is 0 Å². The van der Waals surface area contributed by atoms with Gasteiger partial charge in [-0.1, -0.05) is 43.6 Å². The van der Waals surface area contributed by atoms with E-state index < -0.39 is 0 Å². The van der Waals surface area contributed by atoms with Crippen molar-refractivity contribution < 1.29 is 0 Å². The van der Waals surface area contributed by atoms with Crippen molar-refractivity contribution in [1.29, 1.82) is 0 Å². The summed E-state index contributed by atoms with van der Waals surface area (Å²) >= 11 is 6.09. The van der Waals surface area contributed by atoms with Gasteiger partial charge in [-0.25, -0.2) is 4.98 Å². The molecule has 0 fully saturated rings. The van der Waals surface area contributed by atoms with Crippen LogP contribution in [0.5, 0.6) is 0 Å². The summed E-state index contributed by atoms with van der Waals surface area (Å²) in [6, 6.07) is 8.21. The van der Waals surface area contributed by atoms with Gasteiger partial charge < -0.3 is 5.73 Å². The van der Waals surface area contributed by atoms with Crippen LogP contribution in [0, 0.1) is 0 Å². The van der Waals surface area contributed by atoms with Crippen LogP contribution in [0.4, 0.5) is 0 Å². The Balaban J connectivity index is 2.74. The molecule has 1 aromatic heterocycles. The van der Waals surface area contributed by atoms with E-state index >= 15 is 0 Å². The minimum Gasteiger partial charge on any atom is -0.326 e. The zero-order chi connectivity index (χ0) is 11.7. The summed E-state index contributed by atoms with van der Waals surface area (Å²) in [5.74, 6) is 0.441. The quantitative estimate of drug-likeness (QED) is 0.809. The molecule has 0 atom stereocenters. The lowest BCUT2D eigenvalue weighted by atomic mass is 9.99. The fourth-order valence-corrected chi connectivity index (χ4v) is 2.07. The van der Waals surface area contributed by atoms with E-state index in [1.807, 2.05) is 18.2 Å². The van der Waals surface area contributed by atoms with E-state index in [1.165, 1.54) is 5.56 Å². The topological polar surface area (TPSA) is 38.9 Å². The van der Waals surface area contributed by atoms with Crippen molar-refractivity contribution >= 4 is 22.5 Å². The summed E-state index contributed by atoms with van der Waals surface area (Å²) in [6.07, 6.45) is 0. The number of fused-ring (bicyclic) bond motifs is 1. The highest BCUT2D eigenvalue weighted by molar-refractivity contribution is 6.30. The van der Waals surface area contributed by atoms with Crippen molar-refractivity contribution in [2.45, 2.75) is 26.3 Å². The normalized spacial score (nSPS) is 11.3. The molecule has 1 heterocycles. The highest BCUT2D eigenvalue weighted by Crippen LogP contribution is 2.27. The first-order chi connectivity index (χ1) is 7.63. The van der Waals surface area contributed by atoms with Crippen molar-refractivity contribution in [2.75, 3.05) is 0 Å². The number of nitrogens with zero attached hydrogens (tertiary/aromatic N) is 1. The molecule has 0 radical (unpaired) electrons. The highest BCUT2D eigenvalue weighted by Gasteiger charge is 2.09. The van der Waals surface area contributed by atoms with Gasteiger partial charge in [0.1, 0.15) is 5.15 Å². The monoisotopic (exact) mass is 234 g/mol. The third-order valence-corrected chi connectivity index (χ3v) is 3.07. The largest absolute Gasteiger partial charge is 0.326 e. The maximum absolute atomic E-state index is 6.09. The fraction of sp³-hybridized carbons (Fsp3) is 0.308. The Kier molecular flexibility index (Phi) is 3.13. The first-order valence-corrected chi connectivity index (χ1v) is 5.79. The molecule has 0 amide bonds. The van der Waals surface area contributed by atoms with Crippen LogP contribution in [0.25, 0.3) is 10.9 Å². The SMILES string of the molecule is CC(C)c1cccc2cc(CN)c(Cl)nc12. The molecular formula is C13H15ClN2. The van der Waals surface area contributed by atoms with E-state index in [2.05, 4.69) is 24.9 Å². The van der Waals surface area contributed by atoms with E-state index in [0.29, 0.717) is 17.6 Å². The van der Waals surface area contributed by atoms with Gasteiger partial charge in [0.25, 0.3) is 0 Å². The van der Waals surface area contributed by atoms with Crippen molar-refractivity contribution in [2.24, 2.45) is 5.73 Å². The number of pyridine rings is 1. The molecule has 1 aromatic carbocycles. The van der Waals surface area contributed by atoms with Crippen LogP contribution in [0.1, 0.15) is 30.9 Å². The highest BCUT2D eigenvalue weighted by atomic mass is 35.5. The van der Waals surface area contributed by atoms with Gasteiger partial charge in [0, 0.05) is 17.5 Å². The van der Waals surface area contributed by atoms with Crippen LogP contribution in [0.2, 0.25) is 5.15 Å². The molecule has 0 saturated heterocycles.